The van der Waals surface area contributed by atoms with Crippen molar-refractivity contribution in [2.45, 2.75) is 39.0 Å². The summed E-state index contributed by atoms with van der Waals surface area (Å²) in [5, 5.41) is 2.78. The Labute approximate surface area is 144 Å². The zero-order chi connectivity index (χ0) is 17.8. The van der Waals surface area contributed by atoms with Gasteiger partial charge in [-0.15, -0.1) is 0 Å². The first kappa shape index (κ1) is 18.8. The molecular formula is C18H27NO4S. The molecule has 0 radical (unpaired) electrons. The third kappa shape index (κ3) is 5.82. The van der Waals surface area contributed by atoms with Crippen molar-refractivity contribution in [1.29, 1.82) is 0 Å². The van der Waals surface area contributed by atoms with Gasteiger partial charge in [-0.05, 0) is 35.4 Å². The van der Waals surface area contributed by atoms with Gasteiger partial charge in [-0.1, -0.05) is 32.9 Å². The second kappa shape index (κ2) is 7.55. The molecule has 1 N–H and O–H groups in total. The van der Waals surface area contributed by atoms with Crippen LogP contribution in [-0.2, 0) is 20.0 Å². The average molecular weight is 353 g/mol. The van der Waals surface area contributed by atoms with Gasteiger partial charge in [0.05, 0.1) is 18.1 Å². The maximum Gasteiger partial charge on any atom is 0.220 e. The van der Waals surface area contributed by atoms with Gasteiger partial charge in [0.1, 0.15) is 12.4 Å². The van der Waals surface area contributed by atoms with Gasteiger partial charge in [-0.25, -0.2) is 8.42 Å². The van der Waals surface area contributed by atoms with E-state index in [1.54, 1.807) is 0 Å². The predicted octanol–water partition coefficient (Wildman–Crippen LogP) is 2.30. The van der Waals surface area contributed by atoms with Gasteiger partial charge in [-0.3, -0.25) is 4.79 Å². The molecule has 1 heterocycles. The third-order valence-electron chi connectivity index (χ3n) is 4.21. The van der Waals surface area contributed by atoms with Crippen LogP contribution in [0.15, 0.2) is 24.3 Å². The normalized spacial score (nSPS) is 19.9. The van der Waals surface area contributed by atoms with E-state index < -0.39 is 9.84 Å². The molecule has 24 heavy (non-hydrogen) atoms. The molecule has 2 rings (SSSR count). The number of benzene rings is 1. The quantitative estimate of drug-likeness (QED) is 0.797. The number of sulfone groups is 1. The maximum absolute atomic E-state index is 11.8. The van der Waals surface area contributed by atoms with Crippen LogP contribution in [0.3, 0.4) is 0 Å². The first-order valence-electron chi connectivity index (χ1n) is 8.36. The van der Waals surface area contributed by atoms with Crippen LogP contribution >= 0.6 is 0 Å². The predicted molar refractivity (Wildman–Crippen MR) is 95.0 cm³/mol. The molecule has 1 amide bonds. The lowest BCUT2D eigenvalue weighted by atomic mass is 9.87. The van der Waals surface area contributed by atoms with Crippen molar-refractivity contribution in [3.8, 4) is 5.75 Å². The lowest BCUT2D eigenvalue weighted by Gasteiger charge is -2.19. The Balaban J connectivity index is 1.66. The van der Waals surface area contributed by atoms with Gasteiger partial charge < -0.3 is 10.1 Å². The topological polar surface area (TPSA) is 72.5 Å². The van der Waals surface area contributed by atoms with E-state index >= 15 is 0 Å². The number of hydrogen-bond donors (Lipinski definition) is 1. The second-order valence-electron chi connectivity index (χ2n) is 7.45. The molecule has 6 heteroatoms. The van der Waals surface area contributed by atoms with Crippen molar-refractivity contribution in [2.75, 3.05) is 24.7 Å². The van der Waals surface area contributed by atoms with Crippen molar-refractivity contribution in [2.24, 2.45) is 5.92 Å². The SMILES string of the molecule is CC(C)(C)c1ccc(OCCNC(=O)C[C@@H]2CCS(=O)(=O)C2)cc1. The maximum atomic E-state index is 11.8. The summed E-state index contributed by atoms with van der Waals surface area (Å²) in [6.45, 7) is 7.29. The van der Waals surface area contributed by atoms with Crippen LogP contribution in [0.1, 0.15) is 39.2 Å². The van der Waals surface area contributed by atoms with Gasteiger partial charge in [-0.2, -0.15) is 0 Å². The molecule has 134 valence electrons. The summed E-state index contributed by atoms with van der Waals surface area (Å²) in [4.78, 5) is 11.8. The highest BCUT2D eigenvalue weighted by Gasteiger charge is 2.29. The standard InChI is InChI=1S/C18H27NO4S/c1-18(2,3)15-4-6-16(7-5-15)23-10-9-19-17(20)12-14-8-11-24(21,22)13-14/h4-7,14H,8-13H2,1-3H3,(H,19,20)/t14-/m0/s1. The van der Waals surface area contributed by atoms with E-state index in [9.17, 15) is 13.2 Å². The molecule has 0 aliphatic carbocycles. The average Bonchev–Trinajstić information content (AvgIpc) is 2.82. The van der Waals surface area contributed by atoms with E-state index in [1.807, 2.05) is 12.1 Å². The van der Waals surface area contributed by atoms with E-state index in [1.165, 1.54) is 5.56 Å². The Hall–Kier alpha value is -1.56. The summed E-state index contributed by atoms with van der Waals surface area (Å²) in [5.41, 5.74) is 1.36. The Morgan fingerprint density at radius 2 is 1.92 bits per heavy atom. The van der Waals surface area contributed by atoms with Crippen LogP contribution in [0.25, 0.3) is 0 Å². The van der Waals surface area contributed by atoms with Crippen LogP contribution in [0.4, 0.5) is 0 Å². The number of amides is 1. The summed E-state index contributed by atoms with van der Waals surface area (Å²) >= 11 is 0. The minimum atomic E-state index is -2.92. The molecule has 1 atom stereocenters. The van der Waals surface area contributed by atoms with Gasteiger partial charge in [0.2, 0.25) is 5.91 Å². The molecule has 1 saturated heterocycles. The van der Waals surface area contributed by atoms with Crippen LogP contribution in [0.5, 0.6) is 5.75 Å². The molecule has 1 aliphatic heterocycles. The number of carbonyl (C=O) groups is 1. The Kier molecular flexibility index (Phi) is 5.91. The number of hydrogen-bond acceptors (Lipinski definition) is 4. The fraction of sp³-hybridized carbons (Fsp3) is 0.611. The van der Waals surface area contributed by atoms with Crippen molar-refractivity contribution < 1.29 is 17.9 Å². The molecule has 1 aromatic rings. The monoisotopic (exact) mass is 353 g/mol. The van der Waals surface area contributed by atoms with Crippen molar-refractivity contribution in [3.05, 3.63) is 29.8 Å². The Morgan fingerprint density at radius 1 is 1.25 bits per heavy atom. The molecule has 1 fully saturated rings. The fourth-order valence-electron chi connectivity index (χ4n) is 2.78. The minimum Gasteiger partial charge on any atom is -0.492 e. The van der Waals surface area contributed by atoms with Crippen LogP contribution in [0, 0.1) is 5.92 Å². The van der Waals surface area contributed by atoms with Crippen LogP contribution in [-0.4, -0.2) is 39.0 Å². The number of carbonyl (C=O) groups excluding carboxylic acids is 1. The zero-order valence-electron chi connectivity index (χ0n) is 14.7. The number of ether oxygens (including phenoxy) is 1. The molecule has 1 aromatic carbocycles. The van der Waals surface area contributed by atoms with Gasteiger partial charge in [0.15, 0.2) is 9.84 Å². The summed E-state index contributed by atoms with van der Waals surface area (Å²) in [7, 11) is -2.92. The van der Waals surface area contributed by atoms with Gasteiger partial charge >= 0.3 is 0 Å². The van der Waals surface area contributed by atoms with Gasteiger partial charge in [0, 0.05) is 6.42 Å². The molecule has 1 aliphatic rings. The van der Waals surface area contributed by atoms with E-state index in [0.29, 0.717) is 19.6 Å². The molecule has 0 spiro atoms. The highest BCUT2D eigenvalue weighted by atomic mass is 32.2. The summed E-state index contributed by atoms with van der Waals surface area (Å²) in [6, 6.07) is 7.97. The van der Waals surface area contributed by atoms with E-state index in [0.717, 1.165) is 5.75 Å². The minimum absolute atomic E-state index is 0.0409. The van der Waals surface area contributed by atoms with E-state index in [4.69, 9.17) is 4.74 Å². The number of nitrogens with one attached hydrogen (secondary N) is 1. The summed E-state index contributed by atoms with van der Waals surface area (Å²) in [6.07, 6.45) is 0.867. The van der Waals surface area contributed by atoms with Crippen molar-refractivity contribution >= 4 is 15.7 Å². The second-order valence-corrected chi connectivity index (χ2v) is 9.67. The van der Waals surface area contributed by atoms with Crippen LogP contribution in [0.2, 0.25) is 0 Å². The highest BCUT2D eigenvalue weighted by Crippen LogP contribution is 2.24. The summed E-state index contributed by atoms with van der Waals surface area (Å²) in [5.74, 6) is 0.971. The Bertz CT molecular complexity index is 659. The van der Waals surface area contributed by atoms with E-state index in [2.05, 4.69) is 38.2 Å². The van der Waals surface area contributed by atoms with E-state index in [-0.39, 0.29) is 35.2 Å². The lowest BCUT2D eigenvalue weighted by molar-refractivity contribution is -0.121. The van der Waals surface area contributed by atoms with Crippen molar-refractivity contribution in [3.63, 3.8) is 0 Å². The fourth-order valence-corrected chi connectivity index (χ4v) is 4.64. The largest absolute Gasteiger partial charge is 0.492 e. The molecular weight excluding hydrogens is 326 g/mol. The first-order valence-corrected chi connectivity index (χ1v) is 10.2. The number of rotatable bonds is 6. The molecule has 0 unspecified atom stereocenters. The third-order valence-corrected chi connectivity index (χ3v) is 6.05. The summed E-state index contributed by atoms with van der Waals surface area (Å²) < 4.78 is 28.4. The molecule has 0 bridgehead atoms. The highest BCUT2D eigenvalue weighted by molar-refractivity contribution is 7.91. The zero-order valence-corrected chi connectivity index (χ0v) is 15.5. The lowest BCUT2D eigenvalue weighted by Crippen LogP contribution is -2.29. The van der Waals surface area contributed by atoms with Crippen LogP contribution < -0.4 is 10.1 Å². The first-order chi connectivity index (χ1) is 11.2. The van der Waals surface area contributed by atoms with Crippen molar-refractivity contribution in [1.82, 2.24) is 5.32 Å². The van der Waals surface area contributed by atoms with Gasteiger partial charge in [0.25, 0.3) is 0 Å². The smallest absolute Gasteiger partial charge is 0.220 e. The molecule has 0 aromatic heterocycles. The molecule has 0 saturated carbocycles. The Morgan fingerprint density at radius 3 is 2.46 bits per heavy atom. The molecule has 5 nitrogen and oxygen atoms in total.